The van der Waals surface area contributed by atoms with Crippen molar-refractivity contribution >= 4 is 23.5 Å². The fourth-order valence-electron chi connectivity index (χ4n) is 2.34. The number of methoxy groups -OCH3 is 2. The van der Waals surface area contributed by atoms with Gasteiger partial charge in [0.1, 0.15) is 23.9 Å². The Morgan fingerprint density at radius 2 is 2.22 bits per heavy atom. The van der Waals surface area contributed by atoms with Crippen molar-refractivity contribution in [3.05, 3.63) is 24.5 Å². The van der Waals surface area contributed by atoms with Crippen LogP contribution in [0.1, 0.15) is 12.5 Å². The number of benzene rings is 1. The number of nitrogens with zero attached hydrogens (tertiary/aromatic N) is 3. The molecule has 0 bridgehead atoms. The molecule has 1 atom stereocenters. The molecule has 2 aromatic rings. The van der Waals surface area contributed by atoms with Crippen LogP contribution in [0.2, 0.25) is 0 Å². The number of hydrogen-bond acceptors (Lipinski definition) is 6. The second-order valence-electron chi connectivity index (χ2n) is 4.85. The summed E-state index contributed by atoms with van der Waals surface area (Å²) in [7, 11) is 3.03. The molecule has 1 aliphatic heterocycles. The van der Waals surface area contributed by atoms with E-state index in [0.29, 0.717) is 17.2 Å². The fraction of sp³-hybridized carbons (Fsp3) is 0.286. The SMILES string of the molecule is COc1ccc(OC)c(NC(=O)C2CC(=O)Nc3ncnn32)c1. The summed E-state index contributed by atoms with van der Waals surface area (Å²) in [4.78, 5) is 28.2. The van der Waals surface area contributed by atoms with Crippen LogP contribution in [-0.4, -0.2) is 40.8 Å². The van der Waals surface area contributed by atoms with Crippen molar-refractivity contribution in [1.82, 2.24) is 14.8 Å². The number of hydrogen-bond donors (Lipinski definition) is 2. The van der Waals surface area contributed by atoms with Gasteiger partial charge in [-0.05, 0) is 12.1 Å². The Kier molecular flexibility index (Phi) is 3.83. The quantitative estimate of drug-likeness (QED) is 0.864. The summed E-state index contributed by atoms with van der Waals surface area (Å²) in [6.07, 6.45) is 1.27. The molecule has 9 heteroatoms. The molecular formula is C14H15N5O4. The molecule has 0 spiro atoms. The van der Waals surface area contributed by atoms with Crippen LogP contribution >= 0.6 is 0 Å². The van der Waals surface area contributed by atoms with Crippen LogP contribution < -0.4 is 20.1 Å². The monoisotopic (exact) mass is 317 g/mol. The van der Waals surface area contributed by atoms with Gasteiger partial charge in [-0.15, -0.1) is 0 Å². The van der Waals surface area contributed by atoms with E-state index in [9.17, 15) is 9.59 Å². The summed E-state index contributed by atoms with van der Waals surface area (Å²) in [6.45, 7) is 0. The highest BCUT2D eigenvalue weighted by molar-refractivity contribution is 6.01. The molecule has 2 heterocycles. The largest absolute Gasteiger partial charge is 0.497 e. The van der Waals surface area contributed by atoms with Gasteiger partial charge in [0.05, 0.1) is 26.3 Å². The molecule has 2 N–H and O–H groups in total. The topological polar surface area (TPSA) is 107 Å². The van der Waals surface area contributed by atoms with Crippen LogP contribution in [0.4, 0.5) is 11.6 Å². The van der Waals surface area contributed by atoms with Crippen molar-refractivity contribution in [2.75, 3.05) is 24.9 Å². The zero-order valence-corrected chi connectivity index (χ0v) is 12.6. The molecule has 3 rings (SSSR count). The Morgan fingerprint density at radius 3 is 2.96 bits per heavy atom. The highest BCUT2D eigenvalue weighted by Gasteiger charge is 2.32. The smallest absolute Gasteiger partial charge is 0.250 e. The lowest BCUT2D eigenvalue weighted by Crippen LogP contribution is -2.36. The number of fused-ring (bicyclic) bond motifs is 1. The van der Waals surface area contributed by atoms with Crippen LogP contribution in [0.25, 0.3) is 0 Å². The Hall–Kier alpha value is -3.10. The van der Waals surface area contributed by atoms with Gasteiger partial charge in [0.25, 0.3) is 0 Å². The molecule has 9 nitrogen and oxygen atoms in total. The van der Waals surface area contributed by atoms with Crippen molar-refractivity contribution in [2.45, 2.75) is 12.5 Å². The highest BCUT2D eigenvalue weighted by atomic mass is 16.5. The molecule has 1 aliphatic rings. The molecule has 0 fully saturated rings. The summed E-state index contributed by atoms with van der Waals surface area (Å²) in [5, 5.41) is 9.29. The lowest BCUT2D eigenvalue weighted by Gasteiger charge is -2.23. The Labute approximate surface area is 131 Å². The van der Waals surface area contributed by atoms with E-state index in [1.54, 1.807) is 18.2 Å². The maximum Gasteiger partial charge on any atom is 0.250 e. The van der Waals surface area contributed by atoms with Gasteiger partial charge in [-0.1, -0.05) is 0 Å². The highest BCUT2D eigenvalue weighted by Crippen LogP contribution is 2.30. The Morgan fingerprint density at radius 1 is 1.39 bits per heavy atom. The number of ether oxygens (including phenoxy) is 2. The van der Waals surface area contributed by atoms with E-state index in [4.69, 9.17) is 9.47 Å². The Balaban J connectivity index is 1.87. The predicted octanol–water partition coefficient (Wildman–Crippen LogP) is 0.817. The molecule has 0 saturated heterocycles. The van der Waals surface area contributed by atoms with Crippen LogP contribution in [0.5, 0.6) is 11.5 Å². The van der Waals surface area contributed by atoms with Gasteiger partial charge in [0.15, 0.2) is 0 Å². The predicted molar refractivity (Wildman–Crippen MR) is 80.5 cm³/mol. The first-order chi connectivity index (χ1) is 11.1. The van der Waals surface area contributed by atoms with Crippen LogP contribution in [0.3, 0.4) is 0 Å². The molecule has 120 valence electrons. The molecule has 1 aromatic heterocycles. The van der Waals surface area contributed by atoms with E-state index in [-0.39, 0.29) is 18.3 Å². The standard InChI is InChI=1S/C14H15N5O4/c1-22-8-3-4-11(23-2)9(5-8)17-13(21)10-6-12(20)18-14-15-7-16-19(10)14/h3-5,7,10H,6H2,1-2H3,(H,17,21)(H,15,16,18,20). The summed E-state index contributed by atoms with van der Waals surface area (Å²) >= 11 is 0. The summed E-state index contributed by atoms with van der Waals surface area (Å²) in [5.74, 6) is 0.627. The molecular weight excluding hydrogens is 302 g/mol. The Bertz CT molecular complexity index is 757. The average Bonchev–Trinajstić information content (AvgIpc) is 3.01. The third kappa shape index (κ3) is 2.80. The summed E-state index contributed by atoms with van der Waals surface area (Å²) < 4.78 is 11.7. The van der Waals surface area contributed by atoms with Crippen molar-refractivity contribution in [1.29, 1.82) is 0 Å². The van der Waals surface area contributed by atoms with Crippen LogP contribution in [0.15, 0.2) is 24.5 Å². The number of amides is 2. The zero-order chi connectivity index (χ0) is 16.4. The maximum atomic E-state index is 12.6. The van der Waals surface area contributed by atoms with Crippen molar-refractivity contribution in [2.24, 2.45) is 0 Å². The molecule has 23 heavy (non-hydrogen) atoms. The van der Waals surface area contributed by atoms with Gasteiger partial charge in [-0.3, -0.25) is 14.9 Å². The average molecular weight is 317 g/mol. The van der Waals surface area contributed by atoms with E-state index in [2.05, 4.69) is 20.7 Å². The third-order valence-corrected chi connectivity index (χ3v) is 3.47. The number of anilines is 2. The molecule has 0 radical (unpaired) electrons. The number of nitrogens with one attached hydrogen (secondary N) is 2. The fourth-order valence-corrected chi connectivity index (χ4v) is 2.34. The van der Waals surface area contributed by atoms with Gasteiger partial charge in [-0.2, -0.15) is 10.1 Å². The second kappa shape index (κ2) is 5.95. The van der Waals surface area contributed by atoms with Crippen molar-refractivity contribution in [3.8, 4) is 11.5 Å². The molecule has 0 aliphatic carbocycles. The lowest BCUT2D eigenvalue weighted by atomic mass is 10.1. The summed E-state index contributed by atoms with van der Waals surface area (Å²) in [5.41, 5.74) is 0.449. The van der Waals surface area contributed by atoms with Crippen LogP contribution in [-0.2, 0) is 9.59 Å². The van der Waals surface area contributed by atoms with Gasteiger partial charge >= 0.3 is 0 Å². The van der Waals surface area contributed by atoms with E-state index < -0.39 is 11.9 Å². The van der Waals surface area contributed by atoms with Gasteiger partial charge < -0.3 is 14.8 Å². The van der Waals surface area contributed by atoms with E-state index >= 15 is 0 Å². The third-order valence-electron chi connectivity index (χ3n) is 3.47. The maximum absolute atomic E-state index is 12.6. The molecule has 0 saturated carbocycles. The van der Waals surface area contributed by atoms with Gasteiger partial charge in [0.2, 0.25) is 17.8 Å². The second-order valence-corrected chi connectivity index (χ2v) is 4.85. The van der Waals surface area contributed by atoms with Gasteiger partial charge in [0, 0.05) is 6.07 Å². The number of rotatable bonds is 4. The minimum Gasteiger partial charge on any atom is -0.497 e. The minimum atomic E-state index is -0.780. The van der Waals surface area contributed by atoms with Gasteiger partial charge in [-0.25, -0.2) is 4.68 Å². The number of aromatic nitrogens is 3. The zero-order valence-electron chi connectivity index (χ0n) is 12.6. The first kappa shape index (κ1) is 14.8. The van der Waals surface area contributed by atoms with Crippen molar-refractivity contribution in [3.63, 3.8) is 0 Å². The number of carbonyl (C=O) groups excluding carboxylic acids is 2. The van der Waals surface area contributed by atoms with E-state index in [1.165, 1.54) is 25.2 Å². The molecule has 1 aromatic carbocycles. The molecule has 2 amide bonds. The minimum absolute atomic E-state index is 0.0194. The summed E-state index contributed by atoms with van der Waals surface area (Å²) in [6, 6.07) is 4.26. The normalized spacial score (nSPS) is 16.3. The molecule has 1 unspecified atom stereocenters. The number of carbonyl (C=O) groups is 2. The first-order valence-corrected chi connectivity index (χ1v) is 6.84. The van der Waals surface area contributed by atoms with Crippen LogP contribution in [0, 0.1) is 0 Å². The van der Waals surface area contributed by atoms with E-state index in [1.807, 2.05) is 0 Å². The van der Waals surface area contributed by atoms with E-state index in [0.717, 1.165) is 0 Å². The van der Waals surface area contributed by atoms with Crippen molar-refractivity contribution < 1.29 is 19.1 Å². The lowest BCUT2D eigenvalue weighted by molar-refractivity contribution is -0.125. The first-order valence-electron chi connectivity index (χ1n) is 6.84.